The maximum absolute atomic E-state index is 13.2. The largest absolute Gasteiger partial charge is 0.465 e. The van der Waals surface area contributed by atoms with E-state index in [0.717, 1.165) is 5.69 Å². The minimum atomic E-state index is -0.559. The summed E-state index contributed by atoms with van der Waals surface area (Å²) in [4.78, 5) is 37.7. The number of piperazine rings is 1. The predicted molar refractivity (Wildman–Crippen MR) is 125 cm³/mol. The Morgan fingerprint density at radius 1 is 1.06 bits per heavy atom. The highest BCUT2D eigenvalue weighted by atomic mass is 19.1. The van der Waals surface area contributed by atoms with Gasteiger partial charge in [-0.15, -0.1) is 0 Å². The molecular weight excluding hydrogens is 443 g/mol. The summed E-state index contributed by atoms with van der Waals surface area (Å²) in [6, 6.07) is 12.9. The summed E-state index contributed by atoms with van der Waals surface area (Å²) >= 11 is 0. The molecule has 1 saturated heterocycles. The molecule has 4 rings (SSSR count). The van der Waals surface area contributed by atoms with Crippen molar-refractivity contribution in [3.05, 3.63) is 76.4 Å². The lowest BCUT2D eigenvalue weighted by Gasteiger charge is -2.36. The van der Waals surface area contributed by atoms with Gasteiger partial charge < -0.3 is 19.4 Å². The van der Waals surface area contributed by atoms with Crippen LogP contribution in [-0.2, 0) is 4.74 Å². The topological polar surface area (TPSA) is 105 Å². The zero-order valence-electron chi connectivity index (χ0n) is 18.7. The molecule has 1 fully saturated rings. The number of halogens is 1. The van der Waals surface area contributed by atoms with Crippen LogP contribution in [0.2, 0.25) is 0 Å². The number of aromatic nitrogens is 2. The molecule has 0 radical (unpaired) electrons. The van der Waals surface area contributed by atoms with Gasteiger partial charge in [0.2, 0.25) is 11.6 Å². The number of para-hydroxylation sites is 1. The summed E-state index contributed by atoms with van der Waals surface area (Å²) in [5, 5.41) is 12.1. The number of esters is 1. The minimum absolute atomic E-state index is 0.0623. The summed E-state index contributed by atoms with van der Waals surface area (Å²) in [6.07, 6.45) is 1.28. The molecule has 10 nitrogen and oxygen atoms in total. The van der Waals surface area contributed by atoms with Gasteiger partial charge >= 0.3 is 11.7 Å². The summed E-state index contributed by atoms with van der Waals surface area (Å²) in [5.41, 5.74) is 1.32. The van der Waals surface area contributed by atoms with Crippen molar-refractivity contribution in [1.29, 1.82) is 0 Å². The van der Waals surface area contributed by atoms with E-state index in [0.29, 0.717) is 31.9 Å². The average molecular weight is 466 g/mol. The van der Waals surface area contributed by atoms with Crippen LogP contribution in [0.1, 0.15) is 10.4 Å². The second kappa shape index (κ2) is 9.69. The van der Waals surface area contributed by atoms with Crippen LogP contribution in [0.5, 0.6) is 0 Å². The van der Waals surface area contributed by atoms with Crippen LogP contribution < -0.4 is 14.7 Å². The number of anilines is 4. The molecule has 11 heteroatoms. The van der Waals surface area contributed by atoms with Gasteiger partial charge in [-0.3, -0.25) is 10.1 Å². The van der Waals surface area contributed by atoms with E-state index in [9.17, 15) is 19.3 Å². The van der Waals surface area contributed by atoms with Gasteiger partial charge in [0.25, 0.3) is 0 Å². The maximum atomic E-state index is 13.2. The first kappa shape index (κ1) is 22.9. The molecule has 0 saturated carbocycles. The van der Waals surface area contributed by atoms with Crippen molar-refractivity contribution in [1.82, 2.24) is 9.97 Å². The van der Waals surface area contributed by atoms with Crippen LogP contribution in [-0.4, -0.2) is 61.2 Å². The smallest absolute Gasteiger partial charge is 0.353 e. The van der Waals surface area contributed by atoms with Gasteiger partial charge in [-0.25, -0.2) is 19.2 Å². The second-order valence-corrected chi connectivity index (χ2v) is 7.64. The van der Waals surface area contributed by atoms with Crippen molar-refractivity contribution in [3.8, 4) is 0 Å². The van der Waals surface area contributed by atoms with Gasteiger partial charge in [-0.05, 0) is 36.4 Å². The Morgan fingerprint density at radius 2 is 1.71 bits per heavy atom. The number of rotatable bonds is 6. The first-order chi connectivity index (χ1) is 16.4. The number of carbonyl (C=O) groups is 1. The molecule has 1 aliphatic rings. The lowest BCUT2D eigenvalue weighted by molar-refractivity contribution is -0.383. The van der Waals surface area contributed by atoms with Gasteiger partial charge in [0, 0.05) is 38.9 Å². The number of methoxy groups -OCH3 is 1. The highest BCUT2D eigenvalue weighted by Crippen LogP contribution is 2.38. The fraction of sp³-hybridized carbons (Fsp3) is 0.261. The highest BCUT2D eigenvalue weighted by Gasteiger charge is 2.32. The molecule has 34 heavy (non-hydrogen) atoms. The molecule has 2 heterocycles. The van der Waals surface area contributed by atoms with E-state index in [1.807, 2.05) is 4.90 Å². The third kappa shape index (κ3) is 4.45. The fourth-order valence-electron chi connectivity index (χ4n) is 3.99. The van der Waals surface area contributed by atoms with Gasteiger partial charge in [0.15, 0.2) is 0 Å². The standard InChI is InChI=1S/C23H23FN6O4/c1-27(19-6-4-3-5-18(19)23(31)34-2)21-20(30(32)33)22(26-15-25-21)29-13-11-28(12-14-29)17-9-7-16(24)8-10-17/h3-10,15H,11-14H2,1-2H3. The van der Waals surface area contributed by atoms with Crippen molar-refractivity contribution >= 4 is 34.7 Å². The molecule has 2 aromatic carbocycles. The van der Waals surface area contributed by atoms with Crippen LogP contribution in [0.25, 0.3) is 0 Å². The van der Waals surface area contributed by atoms with Gasteiger partial charge in [0.05, 0.1) is 23.3 Å². The molecule has 0 atom stereocenters. The van der Waals surface area contributed by atoms with Crippen molar-refractivity contribution in [2.45, 2.75) is 0 Å². The predicted octanol–water partition coefficient (Wildman–Crippen LogP) is 3.41. The Morgan fingerprint density at radius 3 is 2.35 bits per heavy atom. The molecular formula is C23H23FN6O4. The number of nitrogens with zero attached hydrogens (tertiary/aromatic N) is 6. The average Bonchev–Trinajstić information content (AvgIpc) is 2.88. The Balaban J connectivity index is 1.63. The fourth-order valence-corrected chi connectivity index (χ4v) is 3.99. The lowest BCUT2D eigenvalue weighted by atomic mass is 10.1. The molecule has 1 aliphatic heterocycles. The SMILES string of the molecule is COC(=O)c1ccccc1N(C)c1ncnc(N2CCN(c3ccc(F)cc3)CC2)c1[N+](=O)[O-]. The quantitative estimate of drug-likeness (QED) is 0.307. The Kier molecular flexibility index (Phi) is 6.53. The van der Waals surface area contributed by atoms with E-state index in [-0.39, 0.29) is 28.7 Å². The summed E-state index contributed by atoms with van der Waals surface area (Å²) < 4.78 is 18.1. The molecule has 176 valence electrons. The van der Waals surface area contributed by atoms with Crippen molar-refractivity contribution in [3.63, 3.8) is 0 Å². The molecule has 1 aromatic heterocycles. The maximum Gasteiger partial charge on any atom is 0.353 e. The Labute approximate surface area is 195 Å². The molecule has 3 aromatic rings. The Bertz CT molecular complexity index is 1200. The number of hydrogen-bond acceptors (Lipinski definition) is 9. The summed E-state index contributed by atoms with van der Waals surface area (Å²) in [6.45, 7) is 2.14. The Hall–Kier alpha value is -4.28. The van der Waals surface area contributed by atoms with E-state index in [2.05, 4.69) is 14.9 Å². The molecule has 0 spiro atoms. The molecule has 0 bridgehead atoms. The van der Waals surface area contributed by atoms with Crippen LogP contribution in [0, 0.1) is 15.9 Å². The summed E-state index contributed by atoms with van der Waals surface area (Å²) in [5.74, 6) is -0.593. The normalized spacial score (nSPS) is 13.5. The zero-order chi connectivity index (χ0) is 24.2. The zero-order valence-corrected chi connectivity index (χ0v) is 18.7. The molecule has 0 amide bonds. The van der Waals surface area contributed by atoms with Crippen molar-refractivity contribution < 1.29 is 18.8 Å². The van der Waals surface area contributed by atoms with Crippen LogP contribution in [0.15, 0.2) is 54.9 Å². The monoisotopic (exact) mass is 466 g/mol. The van der Waals surface area contributed by atoms with Gasteiger partial charge in [-0.2, -0.15) is 0 Å². The van der Waals surface area contributed by atoms with Crippen LogP contribution in [0.4, 0.5) is 33.1 Å². The number of nitro groups is 1. The lowest BCUT2D eigenvalue weighted by Crippen LogP contribution is -2.47. The third-order valence-electron chi connectivity index (χ3n) is 5.73. The first-order valence-corrected chi connectivity index (χ1v) is 10.6. The van der Waals surface area contributed by atoms with Gasteiger partial charge in [-0.1, -0.05) is 12.1 Å². The van der Waals surface area contributed by atoms with Crippen LogP contribution >= 0.6 is 0 Å². The highest BCUT2D eigenvalue weighted by molar-refractivity contribution is 5.97. The minimum Gasteiger partial charge on any atom is -0.465 e. The van der Waals surface area contributed by atoms with Crippen LogP contribution in [0.3, 0.4) is 0 Å². The van der Waals surface area contributed by atoms with E-state index in [1.165, 1.54) is 30.5 Å². The van der Waals surface area contributed by atoms with E-state index < -0.39 is 10.9 Å². The summed E-state index contributed by atoms with van der Waals surface area (Å²) in [7, 11) is 2.88. The molecule has 0 aliphatic carbocycles. The van der Waals surface area contributed by atoms with Crippen molar-refractivity contribution in [2.75, 3.05) is 55.0 Å². The van der Waals surface area contributed by atoms with Crippen molar-refractivity contribution in [2.24, 2.45) is 0 Å². The second-order valence-electron chi connectivity index (χ2n) is 7.64. The number of hydrogen-bond donors (Lipinski definition) is 0. The molecule has 0 unspecified atom stereocenters. The van der Waals surface area contributed by atoms with Gasteiger partial charge in [0.1, 0.15) is 12.1 Å². The third-order valence-corrected chi connectivity index (χ3v) is 5.73. The number of benzene rings is 2. The van der Waals surface area contributed by atoms with E-state index >= 15 is 0 Å². The number of ether oxygens (including phenoxy) is 1. The van der Waals surface area contributed by atoms with E-state index in [1.54, 1.807) is 43.4 Å². The van der Waals surface area contributed by atoms with E-state index in [4.69, 9.17) is 4.74 Å². The number of carbonyl (C=O) groups excluding carboxylic acids is 1. The molecule has 0 N–H and O–H groups in total. The first-order valence-electron chi connectivity index (χ1n) is 10.6.